The molecule has 1 atom stereocenters. The summed E-state index contributed by atoms with van der Waals surface area (Å²) in [6.45, 7) is 7.47. The molecule has 3 heteroatoms. The molecule has 0 unspecified atom stereocenters. The summed E-state index contributed by atoms with van der Waals surface area (Å²) in [5.74, 6) is 0.839. The zero-order chi connectivity index (χ0) is 16.6. The van der Waals surface area contributed by atoms with Crippen LogP contribution in [0.5, 0.6) is 0 Å². The minimum absolute atomic E-state index is 0.326. The van der Waals surface area contributed by atoms with E-state index in [1.165, 1.54) is 56.3 Å². The Morgan fingerprint density at radius 3 is 2.71 bits per heavy atom. The highest BCUT2D eigenvalue weighted by molar-refractivity contribution is 5.44. The molecule has 132 valence electrons. The molecule has 0 bridgehead atoms. The van der Waals surface area contributed by atoms with Crippen LogP contribution in [0.15, 0.2) is 18.2 Å². The number of aryl methyl sites for hydroxylation is 1. The summed E-state index contributed by atoms with van der Waals surface area (Å²) in [4.78, 5) is 2.56. The van der Waals surface area contributed by atoms with Gasteiger partial charge in [-0.2, -0.15) is 0 Å². The molecule has 0 radical (unpaired) electrons. The zero-order valence-electron chi connectivity index (χ0n) is 15.2. The van der Waals surface area contributed by atoms with E-state index < -0.39 is 0 Å². The standard InChI is InChI=1S/C21H31NO2/c1-16-3-6-18-19(13-16)21(14-20(18)24-15-17-4-5-17)7-9-22(10-8-21)11-12-23-2/h3,6,13,17,20H,4-5,7-12,14-15H2,1-2H3/t20-/m0/s1. The van der Waals surface area contributed by atoms with Crippen molar-refractivity contribution in [1.82, 2.24) is 4.90 Å². The molecular weight excluding hydrogens is 298 g/mol. The lowest BCUT2D eigenvalue weighted by Gasteiger charge is -2.40. The van der Waals surface area contributed by atoms with Gasteiger partial charge in [0.25, 0.3) is 0 Å². The van der Waals surface area contributed by atoms with Crippen LogP contribution >= 0.6 is 0 Å². The van der Waals surface area contributed by atoms with E-state index >= 15 is 0 Å². The van der Waals surface area contributed by atoms with Gasteiger partial charge in [-0.25, -0.2) is 0 Å². The Balaban J connectivity index is 1.50. The van der Waals surface area contributed by atoms with Gasteiger partial charge in [0, 0.05) is 19.1 Å². The number of hydrogen-bond acceptors (Lipinski definition) is 3. The van der Waals surface area contributed by atoms with Crippen molar-refractivity contribution < 1.29 is 9.47 Å². The second kappa shape index (κ2) is 6.78. The van der Waals surface area contributed by atoms with Crippen LogP contribution in [-0.4, -0.2) is 44.9 Å². The third kappa shape index (κ3) is 3.26. The number of hydrogen-bond donors (Lipinski definition) is 0. The highest BCUT2D eigenvalue weighted by Crippen LogP contribution is 2.52. The van der Waals surface area contributed by atoms with Crippen LogP contribution in [0.2, 0.25) is 0 Å². The van der Waals surface area contributed by atoms with Crippen LogP contribution < -0.4 is 0 Å². The summed E-state index contributed by atoms with van der Waals surface area (Å²) in [5.41, 5.74) is 4.80. The van der Waals surface area contributed by atoms with E-state index in [-0.39, 0.29) is 0 Å². The summed E-state index contributed by atoms with van der Waals surface area (Å²) in [5, 5.41) is 0. The lowest BCUT2D eigenvalue weighted by Crippen LogP contribution is -2.42. The number of likely N-dealkylation sites (tertiary alicyclic amines) is 1. The van der Waals surface area contributed by atoms with E-state index in [4.69, 9.17) is 9.47 Å². The lowest BCUT2D eigenvalue weighted by molar-refractivity contribution is 0.0248. The molecule has 4 rings (SSSR count). The molecule has 2 aliphatic carbocycles. The first-order chi connectivity index (χ1) is 11.7. The van der Waals surface area contributed by atoms with Gasteiger partial charge in [-0.3, -0.25) is 0 Å². The Hall–Kier alpha value is -0.900. The van der Waals surface area contributed by atoms with Gasteiger partial charge in [0.15, 0.2) is 0 Å². The van der Waals surface area contributed by atoms with Crippen LogP contribution in [0.3, 0.4) is 0 Å². The Morgan fingerprint density at radius 1 is 1.21 bits per heavy atom. The summed E-state index contributed by atoms with van der Waals surface area (Å²) in [7, 11) is 1.79. The van der Waals surface area contributed by atoms with Gasteiger partial charge in [-0.15, -0.1) is 0 Å². The Labute approximate surface area is 146 Å². The molecule has 1 spiro atoms. The van der Waals surface area contributed by atoms with Gasteiger partial charge in [0.1, 0.15) is 0 Å². The number of rotatable bonds is 6. The smallest absolute Gasteiger partial charge is 0.0836 e. The molecule has 24 heavy (non-hydrogen) atoms. The maximum atomic E-state index is 6.38. The fourth-order valence-corrected chi connectivity index (χ4v) is 4.57. The van der Waals surface area contributed by atoms with E-state index in [9.17, 15) is 0 Å². The van der Waals surface area contributed by atoms with E-state index in [0.29, 0.717) is 11.5 Å². The first-order valence-corrected chi connectivity index (χ1v) is 9.64. The molecular formula is C21H31NO2. The van der Waals surface area contributed by atoms with E-state index in [2.05, 4.69) is 30.0 Å². The van der Waals surface area contributed by atoms with Crippen LogP contribution in [-0.2, 0) is 14.9 Å². The van der Waals surface area contributed by atoms with Crippen LogP contribution in [0.25, 0.3) is 0 Å². The largest absolute Gasteiger partial charge is 0.383 e. The minimum atomic E-state index is 0.326. The van der Waals surface area contributed by atoms with Crippen molar-refractivity contribution in [2.75, 3.05) is 40.0 Å². The summed E-state index contributed by atoms with van der Waals surface area (Å²) in [6.07, 6.45) is 6.77. The van der Waals surface area contributed by atoms with Crippen molar-refractivity contribution >= 4 is 0 Å². The molecule has 2 fully saturated rings. The molecule has 0 amide bonds. The summed E-state index contributed by atoms with van der Waals surface area (Å²) in [6, 6.07) is 7.05. The van der Waals surface area contributed by atoms with Crippen molar-refractivity contribution in [2.45, 2.75) is 50.5 Å². The van der Waals surface area contributed by atoms with Gasteiger partial charge in [-0.05, 0) is 69.2 Å². The van der Waals surface area contributed by atoms with Crippen molar-refractivity contribution in [3.8, 4) is 0 Å². The third-order valence-corrected chi connectivity index (χ3v) is 6.36. The van der Waals surface area contributed by atoms with Crippen molar-refractivity contribution in [3.63, 3.8) is 0 Å². The summed E-state index contributed by atoms with van der Waals surface area (Å²) < 4.78 is 11.6. The van der Waals surface area contributed by atoms with Gasteiger partial charge >= 0.3 is 0 Å². The molecule has 3 nitrogen and oxygen atoms in total. The molecule has 1 aliphatic heterocycles. The Morgan fingerprint density at radius 2 is 2.00 bits per heavy atom. The van der Waals surface area contributed by atoms with Crippen molar-refractivity contribution in [2.24, 2.45) is 5.92 Å². The third-order valence-electron chi connectivity index (χ3n) is 6.36. The zero-order valence-corrected chi connectivity index (χ0v) is 15.2. The number of piperidine rings is 1. The number of benzene rings is 1. The molecule has 0 N–H and O–H groups in total. The van der Waals surface area contributed by atoms with Crippen LogP contribution in [0, 0.1) is 12.8 Å². The number of nitrogens with zero attached hydrogens (tertiary/aromatic N) is 1. The first kappa shape index (κ1) is 16.6. The number of ether oxygens (including phenoxy) is 2. The normalized spacial score (nSPS) is 26.0. The highest BCUT2D eigenvalue weighted by atomic mass is 16.5. The fraction of sp³-hybridized carbons (Fsp3) is 0.714. The van der Waals surface area contributed by atoms with E-state index in [1.54, 1.807) is 12.7 Å². The van der Waals surface area contributed by atoms with Gasteiger partial charge < -0.3 is 14.4 Å². The first-order valence-electron chi connectivity index (χ1n) is 9.64. The topological polar surface area (TPSA) is 21.7 Å². The predicted molar refractivity (Wildman–Crippen MR) is 96.4 cm³/mol. The fourth-order valence-electron chi connectivity index (χ4n) is 4.57. The minimum Gasteiger partial charge on any atom is -0.383 e. The van der Waals surface area contributed by atoms with E-state index in [1.807, 2.05) is 0 Å². The predicted octanol–water partition coefficient (Wildman–Crippen LogP) is 3.85. The van der Waals surface area contributed by atoms with E-state index in [0.717, 1.165) is 25.7 Å². The maximum Gasteiger partial charge on any atom is 0.0836 e. The Kier molecular flexibility index (Phi) is 4.68. The number of methoxy groups -OCH3 is 1. The van der Waals surface area contributed by atoms with Crippen LogP contribution in [0.4, 0.5) is 0 Å². The Bertz CT molecular complexity index is 573. The molecule has 1 heterocycles. The maximum absolute atomic E-state index is 6.38. The van der Waals surface area contributed by atoms with Gasteiger partial charge in [0.05, 0.1) is 19.3 Å². The van der Waals surface area contributed by atoms with Crippen LogP contribution in [0.1, 0.15) is 54.9 Å². The molecule has 1 aromatic rings. The average Bonchev–Trinajstić information content (AvgIpc) is 3.38. The monoisotopic (exact) mass is 329 g/mol. The van der Waals surface area contributed by atoms with Crippen molar-refractivity contribution in [3.05, 3.63) is 34.9 Å². The second-order valence-electron chi connectivity index (χ2n) is 8.17. The van der Waals surface area contributed by atoms with Crippen molar-refractivity contribution in [1.29, 1.82) is 0 Å². The highest BCUT2D eigenvalue weighted by Gasteiger charge is 2.46. The quantitative estimate of drug-likeness (QED) is 0.791. The molecule has 3 aliphatic rings. The number of fused-ring (bicyclic) bond motifs is 2. The van der Waals surface area contributed by atoms with Gasteiger partial charge in [0.2, 0.25) is 0 Å². The molecule has 1 saturated heterocycles. The average molecular weight is 329 g/mol. The molecule has 0 aromatic heterocycles. The van der Waals surface area contributed by atoms with Gasteiger partial charge in [-0.1, -0.05) is 23.8 Å². The molecule has 1 aromatic carbocycles. The lowest BCUT2D eigenvalue weighted by atomic mass is 9.73. The second-order valence-corrected chi connectivity index (χ2v) is 8.17. The molecule has 1 saturated carbocycles. The summed E-state index contributed by atoms with van der Waals surface area (Å²) >= 11 is 0. The SMILES string of the molecule is COCCN1CCC2(CC1)C[C@H](OCC1CC1)c1ccc(C)cc12.